The molecule has 3 aromatic rings. The molecule has 4 atom stereocenters. The zero-order valence-electron chi connectivity index (χ0n) is 23.6. The third kappa shape index (κ3) is 9.55. The number of rotatable bonds is 16. The Morgan fingerprint density at radius 2 is 1.39 bits per heavy atom. The van der Waals surface area contributed by atoms with Gasteiger partial charge in [0.1, 0.15) is 23.9 Å². The van der Waals surface area contributed by atoms with Crippen molar-refractivity contribution in [3.8, 4) is 5.75 Å². The molecular weight excluding hydrogens is 574 g/mol. The summed E-state index contributed by atoms with van der Waals surface area (Å²) in [5.74, 6) is -5.69. The van der Waals surface area contributed by atoms with Gasteiger partial charge in [0, 0.05) is 36.4 Å². The number of benzene rings is 2. The van der Waals surface area contributed by atoms with E-state index in [-0.39, 0.29) is 31.4 Å². The van der Waals surface area contributed by atoms with Gasteiger partial charge in [0.05, 0.1) is 12.5 Å². The zero-order chi connectivity index (χ0) is 32.4. The molecule has 0 aliphatic rings. The molecule has 0 aliphatic carbocycles. The van der Waals surface area contributed by atoms with Crippen molar-refractivity contribution in [2.75, 3.05) is 0 Å². The lowest BCUT2D eigenvalue weighted by molar-refractivity contribution is -0.142. The molecular formula is C29H35N7O8. The molecule has 3 rings (SSSR count). The van der Waals surface area contributed by atoms with Crippen LogP contribution in [0.4, 0.5) is 0 Å². The summed E-state index contributed by atoms with van der Waals surface area (Å²) in [4.78, 5) is 77.4. The van der Waals surface area contributed by atoms with Gasteiger partial charge in [-0.1, -0.05) is 30.3 Å². The first-order chi connectivity index (χ1) is 20.8. The molecule has 5 amide bonds. The number of carbonyl (C=O) groups is 6. The Balaban J connectivity index is 1.79. The molecule has 4 unspecified atom stereocenters. The van der Waals surface area contributed by atoms with Crippen LogP contribution in [-0.2, 0) is 41.6 Å². The highest BCUT2D eigenvalue weighted by Gasteiger charge is 2.32. The number of aromatic hydroxyl groups is 1. The fourth-order valence-electron chi connectivity index (χ4n) is 4.46. The number of fused-ring (bicyclic) bond motifs is 1. The lowest BCUT2D eigenvalue weighted by Gasteiger charge is -2.25. The molecule has 0 bridgehead atoms. The summed E-state index contributed by atoms with van der Waals surface area (Å²) in [6.45, 7) is 0. The number of nitrogens with two attached hydrogens (primary N) is 3. The third-order valence-corrected chi connectivity index (χ3v) is 6.80. The second-order valence-corrected chi connectivity index (χ2v) is 10.2. The van der Waals surface area contributed by atoms with Gasteiger partial charge in [-0.15, -0.1) is 0 Å². The standard InChI is InChI=1S/C29H35N7O8/c30-19(9-10-24(31)38)26(40)34-21(11-15-5-7-17(37)8-6-15)27(41)35-22(13-25(32)39)28(42)36-23(29(43)44)12-16-14-33-20-4-2-1-3-18(16)20/h1-8,14,19,21-23,33,37H,9-13,30H2,(H2,31,38)(H2,32,39)(H,34,40)(H,35,41)(H,36,42)(H,43,44). The smallest absolute Gasteiger partial charge is 0.326 e. The van der Waals surface area contributed by atoms with Crippen LogP contribution in [0.15, 0.2) is 54.7 Å². The second-order valence-electron chi connectivity index (χ2n) is 10.2. The molecule has 0 aliphatic heterocycles. The molecule has 44 heavy (non-hydrogen) atoms. The van der Waals surface area contributed by atoms with Gasteiger partial charge in [-0.3, -0.25) is 24.0 Å². The number of carbonyl (C=O) groups excluding carboxylic acids is 5. The van der Waals surface area contributed by atoms with Crippen molar-refractivity contribution in [3.05, 3.63) is 65.9 Å². The minimum Gasteiger partial charge on any atom is -0.508 e. The molecule has 0 spiro atoms. The Bertz CT molecular complexity index is 1520. The van der Waals surface area contributed by atoms with E-state index in [2.05, 4.69) is 20.9 Å². The summed E-state index contributed by atoms with van der Waals surface area (Å²) in [5, 5.41) is 27.4. The van der Waals surface area contributed by atoms with Crippen molar-refractivity contribution < 1.29 is 39.0 Å². The van der Waals surface area contributed by atoms with E-state index < -0.39 is 66.1 Å². The number of amides is 5. The number of hydrogen-bond donors (Lipinski definition) is 9. The second kappa shape index (κ2) is 15.2. The Labute approximate surface area is 251 Å². The Hall–Kier alpha value is -5.44. The molecule has 15 nitrogen and oxygen atoms in total. The Morgan fingerprint density at radius 1 is 0.773 bits per heavy atom. The van der Waals surface area contributed by atoms with Crippen LogP contribution in [0, 0.1) is 0 Å². The van der Waals surface area contributed by atoms with Crippen molar-refractivity contribution in [2.24, 2.45) is 17.2 Å². The van der Waals surface area contributed by atoms with E-state index in [9.17, 15) is 39.0 Å². The lowest BCUT2D eigenvalue weighted by Crippen LogP contribution is -2.58. The number of carboxylic acid groups (broad SMARTS) is 1. The van der Waals surface area contributed by atoms with Crippen LogP contribution < -0.4 is 33.2 Å². The van der Waals surface area contributed by atoms with Gasteiger partial charge in [0.15, 0.2) is 0 Å². The van der Waals surface area contributed by atoms with Crippen molar-refractivity contribution >= 4 is 46.4 Å². The lowest BCUT2D eigenvalue weighted by atomic mass is 10.0. The number of para-hydroxylation sites is 1. The zero-order valence-corrected chi connectivity index (χ0v) is 23.6. The molecule has 1 heterocycles. The molecule has 0 radical (unpaired) electrons. The molecule has 1 aromatic heterocycles. The van der Waals surface area contributed by atoms with E-state index >= 15 is 0 Å². The average molecular weight is 610 g/mol. The predicted molar refractivity (Wildman–Crippen MR) is 157 cm³/mol. The van der Waals surface area contributed by atoms with Crippen LogP contribution in [0.5, 0.6) is 5.75 Å². The molecule has 2 aromatic carbocycles. The van der Waals surface area contributed by atoms with Crippen molar-refractivity contribution in [2.45, 2.75) is 56.3 Å². The quantitative estimate of drug-likeness (QED) is 0.0929. The molecule has 0 saturated heterocycles. The molecule has 0 saturated carbocycles. The molecule has 234 valence electrons. The number of hydrogen-bond acceptors (Lipinski definition) is 8. The van der Waals surface area contributed by atoms with Gasteiger partial charge in [0.25, 0.3) is 0 Å². The fraction of sp³-hybridized carbons (Fsp3) is 0.310. The van der Waals surface area contributed by atoms with Gasteiger partial charge in [-0.2, -0.15) is 0 Å². The third-order valence-electron chi connectivity index (χ3n) is 6.80. The number of phenols is 1. The largest absolute Gasteiger partial charge is 0.508 e. The number of aromatic amines is 1. The highest BCUT2D eigenvalue weighted by Crippen LogP contribution is 2.19. The van der Waals surface area contributed by atoms with Crippen LogP contribution >= 0.6 is 0 Å². The van der Waals surface area contributed by atoms with Crippen molar-refractivity contribution in [3.63, 3.8) is 0 Å². The van der Waals surface area contributed by atoms with Gasteiger partial charge in [0.2, 0.25) is 29.5 Å². The summed E-state index contributed by atoms with van der Waals surface area (Å²) >= 11 is 0. The minimum atomic E-state index is -1.59. The number of phenolic OH excluding ortho intramolecular Hbond substituents is 1. The summed E-state index contributed by atoms with van der Waals surface area (Å²) in [7, 11) is 0. The molecule has 15 heteroatoms. The normalized spacial score (nSPS) is 13.7. The molecule has 0 fully saturated rings. The van der Waals surface area contributed by atoms with Crippen molar-refractivity contribution in [1.82, 2.24) is 20.9 Å². The summed E-state index contributed by atoms with van der Waals surface area (Å²) < 4.78 is 0. The number of primary amides is 2. The van der Waals surface area contributed by atoms with Crippen LogP contribution in [0.25, 0.3) is 10.9 Å². The maximum absolute atomic E-state index is 13.4. The predicted octanol–water partition coefficient (Wildman–Crippen LogP) is -1.33. The number of carboxylic acids is 1. The van der Waals surface area contributed by atoms with Crippen LogP contribution in [-0.4, -0.2) is 74.9 Å². The summed E-state index contributed by atoms with van der Waals surface area (Å²) in [6, 6.07) is 7.39. The topological polar surface area (TPSA) is 273 Å². The maximum Gasteiger partial charge on any atom is 0.326 e. The first-order valence-electron chi connectivity index (χ1n) is 13.6. The van der Waals surface area contributed by atoms with Crippen LogP contribution in [0.2, 0.25) is 0 Å². The van der Waals surface area contributed by atoms with E-state index in [1.807, 2.05) is 12.1 Å². The first-order valence-corrected chi connectivity index (χ1v) is 13.6. The molecule has 12 N–H and O–H groups in total. The number of aromatic nitrogens is 1. The van der Waals surface area contributed by atoms with E-state index in [0.29, 0.717) is 11.1 Å². The van der Waals surface area contributed by atoms with E-state index in [1.54, 1.807) is 18.3 Å². The average Bonchev–Trinajstić information content (AvgIpc) is 3.38. The fourth-order valence-corrected chi connectivity index (χ4v) is 4.46. The van der Waals surface area contributed by atoms with E-state index in [1.165, 1.54) is 24.3 Å². The van der Waals surface area contributed by atoms with Gasteiger partial charge in [-0.25, -0.2) is 4.79 Å². The van der Waals surface area contributed by atoms with Gasteiger partial charge in [-0.05, 0) is 35.7 Å². The summed E-state index contributed by atoms with van der Waals surface area (Å²) in [5.41, 5.74) is 18.2. The highest BCUT2D eigenvalue weighted by atomic mass is 16.4. The summed E-state index contributed by atoms with van der Waals surface area (Å²) in [6.07, 6.45) is 0.464. The van der Waals surface area contributed by atoms with Gasteiger partial charge >= 0.3 is 5.97 Å². The highest BCUT2D eigenvalue weighted by molar-refractivity contribution is 5.96. The van der Waals surface area contributed by atoms with Crippen LogP contribution in [0.3, 0.4) is 0 Å². The number of aliphatic carboxylic acids is 1. The van der Waals surface area contributed by atoms with Crippen molar-refractivity contribution in [1.29, 1.82) is 0 Å². The minimum absolute atomic E-state index is 0.0360. The SMILES string of the molecule is NC(=O)CCC(N)C(=O)NC(Cc1ccc(O)cc1)C(=O)NC(CC(N)=O)C(=O)NC(Cc1c[nH]c2ccccc12)C(=O)O. The number of H-pyrrole nitrogens is 1. The Kier molecular flexibility index (Phi) is 11.4. The van der Waals surface area contributed by atoms with Crippen LogP contribution in [0.1, 0.15) is 30.4 Å². The Morgan fingerprint density at radius 3 is 2.02 bits per heavy atom. The van der Waals surface area contributed by atoms with E-state index in [4.69, 9.17) is 17.2 Å². The van der Waals surface area contributed by atoms with E-state index in [0.717, 1.165) is 10.9 Å². The monoisotopic (exact) mass is 609 g/mol. The number of nitrogens with one attached hydrogen (secondary N) is 4. The first kappa shape index (κ1) is 33.1. The van der Waals surface area contributed by atoms with Gasteiger partial charge < -0.3 is 48.3 Å². The maximum atomic E-state index is 13.4.